The van der Waals surface area contributed by atoms with Gasteiger partial charge in [-0.1, -0.05) is 12.1 Å². The number of carbonyl (C=O) groups is 1. The van der Waals surface area contributed by atoms with Crippen LogP contribution in [-0.4, -0.2) is 21.2 Å². The summed E-state index contributed by atoms with van der Waals surface area (Å²) in [5, 5.41) is 18.2. The van der Waals surface area contributed by atoms with Crippen LogP contribution in [-0.2, 0) is 6.42 Å². The van der Waals surface area contributed by atoms with E-state index in [1.165, 1.54) is 0 Å². The Balaban J connectivity index is 2.18. The molecule has 0 aliphatic carbocycles. The van der Waals surface area contributed by atoms with Gasteiger partial charge in [0.05, 0.1) is 5.56 Å². The second kappa shape index (κ2) is 4.75. The lowest BCUT2D eigenvalue weighted by molar-refractivity contribution is 0.0697. The van der Waals surface area contributed by atoms with Gasteiger partial charge in [-0.15, -0.1) is 0 Å². The number of aromatic carboxylic acids is 1. The lowest BCUT2D eigenvalue weighted by Crippen LogP contribution is -1.97. The minimum Gasteiger partial charge on any atom is -0.504 e. The van der Waals surface area contributed by atoms with Gasteiger partial charge in [0.25, 0.3) is 0 Å². The van der Waals surface area contributed by atoms with Crippen LogP contribution >= 0.6 is 0 Å². The first-order valence-corrected chi connectivity index (χ1v) is 5.32. The highest BCUT2D eigenvalue weighted by molar-refractivity contribution is 5.87. The molecular weight excluding hydrogens is 232 g/mol. The molecule has 2 rings (SSSR count). The average Bonchev–Trinajstić information content (AvgIpc) is 2.34. The number of rotatable bonds is 3. The number of carboxylic acid groups (broad SMARTS) is 1. The van der Waals surface area contributed by atoms with Crippen LogP contribution < -0.4 is 5.73 Å². The first-order valence-electron chi connectivity index (χ1n) is 5.32. The third kappa shape index (κ3) is 2.57. The number of nitrogens with two attached hydrogens (primary N) is 1. The summed E-state index contributed by atoms with van der Waals surface area (Å²) in [5.41, 5.74) is 7.40. The van der Waals surface area contributed by atoms with Crippen LogP contribution in [0.3, 0.4) is 0 Å². The summed E-state index contributed by atoms with van der Waals surface area (Å²) >= 11 is 0. The van der Waals surface area contributed by atoms with Gasteiger partial charge in [-0.25, -0.2) is 9.78 Å². The van der Waals surface area contributed by atoms with Crippen molar-refractivity contribution in [3.8, 4) is 5.75 Å². The minimum atomic E-state index is -0.951. The third-order valence-electron chi connectivity index (χ3n) is 2.56. The third-order valence-corrected chi connectivity index (χ3v) is 2.56. The van der Waals surface area contributed by atoms with Crippen LogP contribution in [0.4, 0.5) is 5.82 Å². The molecule has 1 aromatic carbocycles. The number of pyridine rings is 1. The molecule has 5 heteroatoms. The van der Waals surface area contributed by atoms with E-state index in [-0.39, 0.29) is 17.1 Å². The van der Waals surface area contributed by atoms with E-state index in [9.17, 15) is 9.90 Å². The molecule has 0 fully saturated rings. The standard InChI is InChI=1S/C13H12N2O3/c14-12-11(16)6-9(7-15-12)5-8-1-3-10(4-2-8)13(17)18/h1-4,6-7,16H,5H2,(H2,14,15)(H,17,18). The number of nitrogen functional groups attached to an aromatic ring is 1. The van der Waals surface area contributed by atoms with E-state index in [1.807, 2.05) is 0 Å². The van der Waals surface area contributed by atoms with Gasteiger partial charge in [-0.05, 0) is 35.7 Å². The first-order chi connectivity index (χ1) is 8.56. The maximum Gasteiger partial charge on any atom is 0.335 e. The number of hydrogen-bond acceptors (Lipinski definition) is 4. The summed E-state index contributed by atoms with van der Waals surface area (Å²) in [6.45, 7) is 0. The lowest BCUT2D eigenvalue weighted by atomic mass is 10.0. The summed E-state index contributed by atoms with van der Waals surface area (Å²) in [7, 11) is 0. The maximum absolute atomic E-state index is 10.7. The van der Waals surface area contributed by atoms with Crippen molar-refractivity contribution in [1.29, 1.82) is 0 Å². The van der Waals surface area contributed by atoms with Crippen molar-refractivity contribution in [2.75, 3.05) is 5.73 Å². The van der Waals surface area contributed by atoms with Gasteiger partial charge in [0, 0.05) is 6.20 Å². The Hall–Kier alpha value is -2.56. The van der Waals surface area contributed by atoms with E-state index in [0.717, 1.165) is 11.1 Å². The Kier molecular flexibility index (Phi) is 3.14. The molecule has 92 valence electrons. The zero-order valence-corrected chi connectivity index (χ0v) is 9.50. The molecule has 0 atom stereocenters. The normalized spacial score (nSPS) is 10.2. The van der Waals surface area contributed by atoms with Crippen LogP contribution in [0.25, 0.3) is 0 Å². The molecule has 18 heavy (non-hydrogen) atoms. The van der Waals surface area contributed by atoms with Crippen molar-refractivity contribution in [2.24, 2.45) is 0 Å². The van der Waals surface area contributed by atoms with Gasteiger partial charge in [0.1, 0.15) is 0 Å². The van der Waals surface area contributed by atoms with Crippen LogP contribution in [0.15, 0.2) is 36.5 Å². The zero-order chi connectivity index (χ0) is 13.1. The van der Waals surface area contributed by atoms with Crippen molar-refractivity contribution in [2.45, 2.75) is 6.42 Å². The zero-order valence-electron chi connectivity index (χ0n) is 9.50. The molecule has 0 saturated heterocycles. The van der Waals surface area contributed by atoms with E-state index in [1.54, 1.807) is 36.5 Å². The van der Waals surface area contributed by atoms with Crippen LogP contribution in [0.5, 0.6) is 5.75 Å². The molecule has 0 saturated carbocycles. The molecule has 0 bridgehead atoms. The summed E-state index contributed by atoms with van der Waals surface area (Å²) in [4.78, 5) is 14.5. The number of anilines is 1. The number of aromatic hydroxyl groups is 1. The number of carboxylic acids is 1. The lowest BCUT2D eigenvalue weighted by Gasteiger charge is -2.04. The van der Waals surface area contributed by atoms with Crippen LogP contribution in [0.1, 0.15) is 21.5 Å². The van der Waals surface area contributed by atoms with Gasteiger partial charge >= 0.3 is 5.97 Å². The van der Waals surface area contributed by atoms with Crippen molar-refractivity contribution in [1.82, 2.24) is 4.98 Å². The highest BCUT2D eigenvalue weighted by Crippen LogP contribution is 2.19. The van der Waals surface area contributed by atoms with E-state index < -0.39 is 5.97 Å². The molecule has 5 nitrogen and oxygen atoms in total. The monoisotopic (exact) mass is 244 g/mol. The van der Waals surface area contributed by atoms with Crippen molar-refractivity contribution in [3.05, 3.63) is 53.2 Å². The van der Waals surface area contributed by atoms with E-state index in [0.29, 0.717) is 6.42 Å². The predicted octanol–water partition coefficient (Wildman–Crippen LogP) is 1.66. The summed E-state index contributed by atoms with van der Waals surface area (Å²) in [5.74, 6) is -0.900. The number of hydrogen-bond donors (Lipinski definition) is 3. The Morgan fingerprint density at radius 2 is 1.89 bits per heavy atom. The van der Waals surface area contributed by atoms with Gasteiger partial charge in [0.2, 0.25) is 0 Å². The predicted molar refractivity (Wildman–Crippen MR) is 66.5 cm³/mol. The number of benzene rings is 1. The Morgan fingerprint density at radius 3 is 2.44 bits per heavy atom. The fourth-order valence-corrected chi connectivity index (χ4v) is 1.60. The van der Waals surface area contributed by atoms with Gasteiger partial charge in [0.15, 0.2) is 11.6 Å². The van der Waals surface area contributed by atoms with Crippen molar-refractivity contribution < 1.29 is 15.0 Å². The van der Waals surface area contributed by atoms with E-state index in [2.05, 4.69) is 4.98 Å². The number of nitrogens with zero attached hydrogens (tertiary/aromatic N) is 1. The molecule has 0 radical (unpaired) electrons. The van der Waals surface area contributed by atoms with Crippen LogP contribution in [0, 0.1) is 0 Å². The molecule has 0 aliphatic heterocycles. The smallest absolute Gasteiger partial charge is 0.335 e. The largest absolute Gasteiger partial charge is 0.504 e. The SMILES string of the molecule is Nc1ncc(Cc2ccc(C(=O)O)cc2)cc1O. The van der Waals surface area contributed by atoms with Crippen molar-refractivity contribution >= 4 is 11.8 Å². The number of aromatic nitrogens is 1. The summed E-state index contributed by atoms with van der Waals surface area (Å²) in [6.07, 6.45) is 2.14. The van der Waals surface area contributed by atoms with Gasteiger partial charge < -0.3 is 15.9 Å². The Bertz CT molecular complexity index is 579. The topological polar surface area (TPSA) is 96.4 Å². The van der Waals surface area contributed by atoms with Crippen LogP contribution in [0.2, 0.25) is 0 Å². The maximum atomic E-state index is 10.7. The molecular formula is C13H12N2O3. The molecule has 0 amide bonds. The molecule has 0 aliphatic rings. The Morgan fingerprint density at radius 1 is 1.22 bits per heavy atom. The van der Waals surface area contributed by atoms with E-state index in [4.69, 9.17) is 10.8 Å². The summed E-state index contributed by atoms with van der Waals surface area (Å²) in [6, 6.07) is 8.10. The van der Waals surface area contributed by atoms with Gasteiger partial charge in [-0.2, -0.15) is 0 Å². The molecule has 1 aromatic heterocycles. The average molecular weight is 244 g/mol. The molecule has 0 unspecified atom stereocenters. The second-order valence-corrected chi connectivity index (χ2v) is 3.93. The van der Waals surface area contributed by atoms with Gasteiger partial charge in [-0.3, -0.25) is 0 Å². The molecule has 4 N–H and O–H groups in total. The quantitative estimate of drug-likeness (QED) is 0.763. The van der Waals surface area contributed by atoms with E-state index >= 15 is 0 Å². The molecule has 1 heterocycles. The molecule has 2 aromatic rings. The fraction of sp³-hybridized carbons (Fsp3) is 0.0769. The summed E-state index contributed by atoms with van der Waals surface area (Å²) < 4.78 is 0. The first kappa shape index (κ1) is 11.9. The van der Waals surface area contributed by atoms with Crippen molar-refractivity contribution in [3.63, 3.8) is 0 Å². The second-order valence-electron chi connectivity index (χ2n) is 3.93. The highest BCUT2D eigenvalue weighted by Gasteiger charge is 2.04. The molecule has 0 spiro atoms. The highest BCUT2D eigenvalue weighted by atomic mass is 16.4. The Labute approximate surface area is 104 Å². The fourth-order valence-electron chi connectivity index (χ4n) is 1.60. The minimum absolute atomic E-state index is 0.0466.